The number of ketones is 1. The summed E-state index contributed by atoms with van der Waals surface area (Å²) in [5, 5.41) is 9.59. The van der Waals surface area contributed by atoms with Crippen LogP contribution < -0.4 is 0 Å². The van der Waals surface area contributed by atoms with E-state index in [1.807, 2.05) is 66.2 Å². The highest BCUT2D eigenvalue weighted by Gasteiger charge is 2.55. The van der Waals surface area contributed by atoms with E-state index in [0.717, 1.165) is 29.7 Å². The molecule has 2 heterocycles. The van der Waals surface area contributed by atoms with Gasteiger partial charge in [0, 0.05) is 31.4 Å². The minimum Gasteiger partial charge on any atom is -0.480 e. The molecule has 2 aromatic carbocycles. The van der Waals surface area contributed by atoms with Gasteiger partial charge in [0.2, 0.25) is 5.78 Å². The van der Waals surface area contributed by atoms with Gasteiger partial charge in [-0.25, -0.2) is 0 Å². The standard InChI is InChI=1S/C28H28N2O3/c1-19-9-11-22(12-10-19)27(31)25-8-4-14-29(25)13-3-7-20-5-2-6-21(15-20)17-30-18-23-16-24(23)26(30)28(32)33/h2-12,14-15,23-24,26H,13,16-18H2,1H3,(H,32,33)/b7-3+/t23?,24?,26-/m1/s1. The van der Waals surface area contributed by atoms with Gasteiger partial charge in [-0.2, -0.15) is 0 Å². The Labute approximate surface area is 194 Å². The molecule has 5 rings (SSSR count). The van der Waals surface area contributed by atoms with Gasteiger partial charge in [-0.3, -0.25) is 14.5 Å². The first-order valence-electron chi connectivity index (χ1n) is 11.5. The Hall–Kier alpha value is -3.44. The lowest BCUT2D eigenvalue weighted by Gasteiger charge is -2.24. The number of carbonyl (C=O) groups excluding carboxylic acids is 1. The number of likely N-dealkylation sites (tertiary alicyclic amines) is 1. The summed E-state index contributed by atoms with van der Waals surface area (Å²) in [6, 6.07) is 19.3. The van der Waals surface area contributed by atoms with Gasteiger partial charge in [-0.05, 0) is 48.4 Å². The molecule has 5 heteroatoms. The van der Waals surface area contributed by atoms with Gasteiger partial charge < -0.3 is 9.67 Å². The lowest BCUT2D eigenvalue weighted by molar-refractivity contribution is -0.143. The Morgan fingerprint density at radius 3 is 2.70 bits per heavy atom. The number of aliphatic carboxylic acids is 1. The van der Waals surface area contributed by atoms with E-state index in [9.17, 15) is 14.7 Å². The summed E-state index contributed by atoms with van der Waals surface area (Å²) in [6.45, 7) is 4.15. The number of carboxylic acid groups (broad SMARTS) is 1. The first-order chi connectivity index (χ1) is 16.0. The van der Waals surface area contributed by atoms with Gasteiger partial charge in [-0.1, -0.05) is 66.2 Å². The molecule has 1 aliphatic heterocycles. The fraction of sp³-hybridized carbons (Fsp3) is 0.286. The van der Waals surface area contributed by atoms with Crippen molar-refractivity contribution in [3.05, 3.63) is 101 Å². The van der Waals surface area contributed by atoms with Crippen LogP contribution >= 0.6 is 0 Å². The highest BCUT2D eigenvalue weighted by Crippen LogP contribution is 2.49. The average molecular weight is 441 g/mol. The topological polar surface area (TPSA) is 62.5 Å². The van der Waals surface area contributed by atoms with E-state index in [1.54, 1.807) is 0 Å². The highest BCUT2D eigenvalue weighted by atomic mass is 16.4. The van der Waals surface area contributed by atoms with Crippen LogP contribution in [-0.2, 0) is 17.9 Å². The molecule has 1 aliphatic carbocycles. The largest absolute Gasteiger partial charge is 0.480 e. The molecule has 2 unspecified atom stereocenters. The molecule has 2 fully saturated rings. The molecule has 3 aromatic rings. The van der Waals surface area contributed by atoms with E-state index >= 15 is 0 Å². The molecule has 168 valence electrons. The summed E-state index contributed by atoms with van der Waals surface area (Å²) in [5.41, 5.74) is 4.69. The zero-order valence-electron chi connectivity index (χ0n) is 18.7. The van der Waals surface area contributed by atoms with Crippen molar-refractivity contribution in [3.8, 4) is 0 Å². The fourth-order valence-electron chi connectivity index (χ4n) is 5.02. The van der Waals surface area contributed by atoms with Crippen LogP contribution in [0.5, 0.6) is 0 Å². The third-order valence-corrected chi connectivity index (χ3v) is 6.82. The van der Waals surface area contributed by atoms with Crippen LogP contribution in [0, 0.1) is 18.8 Å². The Bertz CT molecular complexity index is 1210. The molecule has 1 aromatic heterocycles. The second-order valence-corrected chi connectivity index (χ2v) is 9.26. The maximum absolute atomic E-state index is 12.9. The molecule has 3 atom stereocenters. The first kappa shape index (κ1) is 21.4. The van der Waals surface area contributed by atoms with Crippen LogP contribution in [0.15, 0.2) is 72.9 Å². The minimum atomic E-state index is -0.696. The number of hydrogen-bond donors (Lipinski definition) is 1. The quantitative estimate of drug-likeness (QED) is 0.518. The van der Waals surface area contributed by atoms with Crippen molar-refractivity contribution in [2.24, 2.45) is 11.8 Å². The second-order valence-electron chi connectivity index (χ2n) is 9.26. The van der Waals surface area contributed by atoms with E-state index in [1.165, 1.54) is 0 Å². The Balaban J connectivity index is 1.24. The van der Waals surface area contributed by atoms with E-state index in [2.05, 4.69) is 29.2 Å². The Kier molecular flexibility index (Phi) is 5.73. The van der Waals surface area contributed by atoms with Crippen molar-refractivity contribution < 1.29 is 14.7 Å². The third kappa shape index (κ3) is 4.55. The van der Waals surface area contributed by atoms with Crippen LogP contribution in [0.1, 0.15) is 39.2 Å². The van der Waals surface area contributed by atoms with Gasteiger partial charge in [0.05, 0.1) is 5.69 Å². The molecule has 1 N–H and O–H groups in total. The SMILES string of the molecule is Cc1ccc(C(=O)c2cccn2C/C=C/c2cccc(CN3CC4CC4[C@@H]3C(=O)O)c2)cc1. The summed E-state index contributed by atoms with van der Waals surface area (Å²) < 4.78 is 1.95. The molecule has 0 radical (unpaired) electrons. The van der Waals surface area contributed by atoms with E-state index in [4.69, 9.17) is 0 Å². The molecule has 1 saturated carbocycles. The van der Waals surface area contributed by atoms with Crippen molar-refractivity contribution >= 4 is 17.8 Å². The van der Waals surface area contributed by atoms with Gasteiger partial charge >= 0.3 is 5.97 Å². The van der Waals surface area contributed by atoms with E-state index < -0.39 is 5.97 Å². The highest BCUT2D eigenvalue weighted by molar-refractivity contribution is 6.08. The fourth-order valence-corrected chi connectivity index (χ4v) is 5.02. The second kappa shape index (κ2) is 8.83. The lowest BCUT2D eigenvalue weighted by atomic mass is 10.1. The predicted octanol–water partition coefficient (Wildman–Crippen LogP) is 4.65. The molecule has 33 heavy (non-hydrogen) atoms. The van der Waals surface area contributed by atoms with Crippen LogP contribution in [0.25, 0.3) is 6.08 Å². The summed E-state index contributed by atoms with van der Waals surface area (Å²) in [6.07, 6.45) is 7.09. The van der Waals surface area contributed by atoms with Crippen LogP contribution in [0.4, 0.5) is 0 Å². The van der Waals surface area contributed by atoms with Gasteiger partial charge in [0.15, 0.2) is 0 Å². The lowest BCUT2D eigenvalue weighted by Crippen LogP contribution is -2.38. The minimum absolute atomic E-state index is 0.0204. The maximum Gasteiger partial charge on any atom is 0.321 e. The number of allylic oxidation sites excluding steroid dienone is 1. The van der Waals surface area contributed by atoms with Crippen molar-refractivity contribution in [2.75, 3.05) is 6.54 Å². The summed E-state index contributed by atoms with van der Waals surface area (Å²) in [4.78, 5) is 26.7. The number of rotatable bonds is 8. The number of piperidine rings is 1. The summed E-state index contributed by atoms with van der Waals surface area (Å²) >= 11 is 0. The normalized spacial score (nSPS) is 21.9. The van der Waals surface area contributed by atoms with Crippen molar-refractivity contribution in [2.45, 2.75) is 32.5 Å². The first-order valence-corrected chi connectivity index (χ1v) is 11.5. The summed E-state index contributed by atoms with van der Waals surface area (Å²) in [5.74, 6) is 0.224. The van der Waals surface area contributed by atoms with Crippen molar-refractivity contribution in [3.63, 3.8) is 0 Å². The maximum atomic E-state index is 12.9. The number of aromatic nitrogens is 1. The zero-order chi connectivity index (χ0) is 22.9. The number of nitrogens with zero attached hydrogens (tertiary/aromatic N) is 2. The molecule has 2 aliphatic rings. The smallest absolute Gasteiger partial charge is 0.321 e. The van der Waals surface area contributed by atoms with Crippen molar-refractivity contribution in [1.29, 1.82) is 0 Å². The molecular formula is C28H28N2O3. The Morgan fingerprint density at radius 2 is 1.91 bits per heavy atom. The Morgan fingerprint density at radius 1 is 1.09 bits per heavy atom. The molecule has 0 amide bonds. The average Bonchev–Trinajstić information content (AvgIpc) is 3.22. The monoisotopic (exact) mass is 440 g/mol. The number of aryl methyl sites for hydroxylation is 1. The number of carboxylic acids is 1. The number of benzene rings is 2. The molecule has 0 spiro atoms. The number of carbonyl (C=O) groups is 2. The number of fused-ring (bicyclic) bond motifs is 1. The number of hydrogen-bond acceptors (Lipinski definition) is 3. The van der Waals surface area contributed by atoms with Crippen molar-refractivity contribution in [1.82, 2.24) is 9.47 Å². The van der Waals surface area contributed by atoms with Gasteiger partial charge in [0.25, 0.3) is 0 Å². The van der Waals surface area contributed by atoms with Gasteiger partial charge in [-0.15, -0.1) is 0 Å². The molecular weight excluding hydrogens is 412 g/mol. The zero-order valence-corrected chi connectivity index (χ0v) is 18.7. The molecule has 5 nitrogen and oxygen atoms in total. The molecule has 0 bridgehead atoms. The molecule has 1 saturated heterocycles. The predicted molar refractivity (Wildman–Crippen MR) is 128 cm³/mol. The van der Waals surface area contributed by atoms with E-state index in [0.29, 0.717) is 36.2 Å². The van der Waals surface area contributed by atoms with Crippen LogP contribution in [-0.4, -0.2) is 38.9 Å². The van der Waals surface area contributed by atoms with Crippen LogP contribution in [0.2, 0.25) is 0 Å². The van der Waals surface area contributed by atoms with E-state index in [-0.39, 0.29) is 11.8 Å². The summed E-state index contributed by atoms with van der Waals surface area (Å²) in [7, 11) is 0. The third-order valence-electron chi connectivity index (χ3n) is 6.82. The van der Waals surface area contributed by atoms with Crippen LogP contribution in [0.3, 0.4) is 0 Å². The van der Waals surface area contributed by atoms with Gasteiger partial charge in [0.1, 0.15) is 6.04 Å².